The molecule has 1 aromatic carbocycles. The summed E-state index contributed by atoms with van der Waals surface area (Å²) in [6, 6.07) is 6.23. The van der Waals surface area contributed by atoms with Crippen LogP contribution in [0.1, 0.15) is 5.82 Å². The number of nitrogens with zero attached hydrogens (tertiary/aromatic N) is 4. The highest BCUT2D eigenvalue weighted by Gasteiger charge is 2.13. The predicted molar refractivity (Wildman–Crippen MR) is 65.5 cm³/mol. The summed E-state index contributed by atoms with van der Waals surface area (Å²) in [6.07, 6.45) is 3.17. The molecule has 0 saturated heterocycles. The zero-order valence-electron chi connectivity index (χ0n) is 10.0. The molecular formula is C13H9FN4O. The summed E-state index contributed by atoms with van der Waals surface area (Å²) in [6.45, 7) is 1.78. The summed E-state index contributed by atoms with van der Waals surface area (Å²) >= 11 is 0. The van der Waals surface area contributed by atoms with Gasteiger partial charge in [-0.25, -0.2) is 14.4 Å². The molecule has 2 heterocycles. The van der Waals surface area contributed by atoms with Crippen molar-refractivity contribution in [3.8, 4) is 22.9 Å². The summed E-state index contributed by atoms with van der Waals surface area (Å²) in [4.78, 5) is 8.08. The number of halogens is 1. The molecule has 0 spiro atoms. The Balaban J connectivity index is 2.00. The normalized spacial score (nSPS) is 10.6. The summed E-state index contributed by atoms with van der Waals surface area (Å²) in [5.74, 6) is 0.641. The molecule has 0 saturated carbocycles. The van der Waals surface area contributed by atoms with Crippen molar-refractivity contribution in [1.82, 2.24) is 20.2 Å². The number of benzene rings is 1. The van der Waals surface area contributed by atoms with E-state index in [9.17, 15) is 4.39 Å². The first-order valence-corrected chi connectivity index (χ1v) is 5.61. The van der Waals surface area contributed by atoms with E-state index in [0.717, 1.165) is 0 Å². The van der Waals surface area contributed by atoms with Crippen LogP contribution in [-0.4, -0.2) is 20.2 Å². The summed E-state index contributed by atoms with van der Waals surface area (Å²) in [5, 5.41) is 7.70. The van der Waals surface area contributed by atoms with Crippen LogP contribution >= 0.6 is 0 Å². The maximum absolute atomic E-state index is 13.6. The molecular weight excluding hydrogens is 247 g/mol. The molecule has 0 aliphatic rings. The highest BCUT2D eigenvalue weighted by molar-refractivity contribution is 5.57. The summed E-state index contributed by atoms with van der Waals surface area (Å²) in [5.41, 5.74) is 0.870. The van der Waals surface area contributed by atoms with Crippen LogP contribution in [0.15, 0.2) is 41.1 Å². The van der Waals surface area contributed by atoms with E-state index in [4.69, 9.17) is 4.42 Å². The van der Waals surface area contributed by atoms with Crippen LogP contribution in [0.2, 0.25) is 0 Å². The fraction of sp³-hybridized carbons (Fsp3) is 0.0769. The van der Waals surface area contributed by atoms with Gasteiger partial charge >= 0.3 is 0 Å². The van der Waals surface area contributed by atoms with Crippen LogP contribution in [0.25, 0.3) is 22.9 Å². The number of rotatable bonds is 2. The summed E-state index contributed by atoms with van der Waals surface area (Å²) in [7, 11) is 0. The first-order chi connectivity index (χ1) is 9.24. The third-order valence-electron chi connectivity index (χ3n) is 2.56. The van der Waals surface area contributed by atoms with Crippen molar-refractivity contribution in [1.29, 1.82) is 0 Å². The highest BCUT2D eigenvalue weighted by atomic mass is 19.1. The number of aryl methyl sites for hydroxylation is 1. The second-order valence-corrected chi connectivity index (χ2v) is 3.91. The van der Waals surface area contributed by atoms with E-state index in [1.54, 1.807) is 37.5 Å². The molecule has 2 aromatic heterocycles. The maximum Gasteiger partial charge on any atom is 0.251 e. The zero-order valence-corrected chi connectivity index (χ0v) is 10.0. The van der Waals surface area contributed by atoms with E-state index in [1.807, 2.05) is 0 Å². The van der Waals surface area contributed by atoms with Gasteiger partial charge < -0.3 is 4.42 Å². The standard InChI is InChI=1S/C13H9FN4O/c1-8-15-6-9(7-16-8)12-17-18-13(19-12)10-4-2-3-5-11(10)14/h2-7H,1H3. The number of hydrogen-bond acceptors (Lipinski definition) is 5. The molecule has 0 amide bonds. The SMILES string of the molecule is Cc1ncc(-c2nnc(-c3ccccc3F)o2)cn1. The average Bonchev–Trinajstić information content (AvgIpc) is 2.89. The molecule has 3 aromatic rings. The minimum absolute atomic E-state index is 0.133. The van der Waals surface area contributed by atoms with Gasteiger partial charge in [0.2, 0.25) is 0 Å². The smallest absolute Gasteiger partial charge is 0.251 e. The van der Waals surface area contributed by atoms with Crippen LogP contribution in [0.4, 0.5) is 4.39 Å². The number of hydrogen-bond donors (Lipinski definition) is 0. The monoisotopic (exact) mass is 256 g/mol. The number of aromatic nitrogens is 4. The molecule has 0 unspecified atom stereocenters. The molecule has 0 bridgehead atoms. The van der Waals surface area contributed by atoms with Gasteiger partial charge in [-0.3, -0.25) is 0 Å². The van der Waals surface area contributed by atoms with E-state index >= 15 is 0 Å². The van der Waals surface area contributed by atoms with Crippen molar-refractivity contribution < 1.29 is 8.81 Å². The van der Waals surface area contributed by atoms with Crippen LogP contribution in [0, 0.1) is 12.7 Å². The van der Waals surface area contributed by atoms with Crippen molar-refractivity contribution in [3.05, 3.63) is 48.3 Å². The maximum atomic E-state index is 13.6. The fourth-order valence-electron chi connectivity index (χ4n) is 1.59. The second kappa shape index (κ2) is 4.56. The Bertz CT molecular complexity index is 709. The van der Waals surface area contributed by atoms with Crippen molar-refractivity contribution in [2.45, 2.75) is 6.92 Å². The van der Waals surface area contributed by atoms with Crippen molar-refractivity contribution in [2.75, 3.05) is 0 Å². The van der Waals surface area contributed by atoms with Crippen LogP contribution in [0.5, 0.6) is 0 Å². The molecule has 3 rings (SSSR count). The Morgan fingerprint density at radius 1 is 1.00 bits per heavy atom. The van der Waals surface area contributed by atoms with Gasteiger partial charge in [-0.05, 0) is 19.1 Å². The molecule has 94 valence electrons. The molecule has 19 heavy (non-hydrogen) atoms. The quantitative estimate of drug-likeness (QED) is 0.705. The molecule has 0 atom stereocenters. The first kappa shape index (κ1) is 11.5. The van der Waals surface area contributed by atoms with E-state index < -0.39 is 5.82 Å². The Kier molecular flexibility index (Phi) is 2.75. The van der Waals surface area contributed by atoms with Crippen LogP contribution < -0.4 is 0 Å². The van der Waals surface area contributed by atoms with Gasteiger partial charge in [-0.2, -0.15) is 0 Å². The minimum atomic E-state index is -0.405. The Morgan fingerprint density at radius 2 is 1.68 bits per heavy atom. The lowest BCUT2D eigenvalue weighted by Crippen LogP contribution is -1.87. The molecule has 0 aliphatic heterocycles. The van der Waals surface area contributed by atoms with Crippen molar-refractivity contribution in [3.63, 3.8) is 0 Å². The molecule has 0 radical (unpaired) electrons. The van der Waals surface area contributed by atoms with Gasteiger partial charge in [0.25, 0.3) is 11.8 Å². The first-order valence-electron chi connectivity index (χ1n) is 5.61. The van der Waals surface area contributed by atoms with Crippen molar-refractivity contribution in [2.24, 2.45) is 0 Å². The van der Waals surface area contributed by atoms with Gasteiger partial charge in [-0.15, -0.1) is 10.2 Å². The van der Waals surface area contributed by atoms with Crippen molar-refractivity contribution >= 4 is 0 Å². The van der Waals surface area contributed by atoms with Gasteiger partial charge in [0.05, 0.1) is 11.1 Å². The molecule has 0 fully saturated rings. The second-order valence-electron chi connectivity index (χ2n) is 3.91. The van der Waals surface area contributed by atoms with Gasteiger partial charge in [0, 0.05) is 12.4 Å². The molecule has 6 heteroatoms. The third kappa shape index (κ3) is 2.20. The Labute approximate surface area is 108 Å². The fourth-order valence-corrected chi connectivity index (χ4v) is 1.59. The Hall–Kier alpha value is -2.63. The zero-order chi connectivity index (χ0) is 13.2. The van der Waals surface area contributed by atoms with Gasteiger partial charge in [-0.1, -0.05) is 12.1 Å². The molecule has 0 N–H and O–H groups in total. The highest BCUT2D eigenvalue weighted by Crippen LogP contribution is 2.24. The van der Waals surface area contributed by atoms with E-state index in [0.29, 0.717) is 11.4 Å². The summed E-state index contributed by atoms with van der Waals surface area (Å²) < 4.78 is 19.0. The van der Waals surface area contributed by atoms with Gasteiger partial charge in [0.1, 0.15) is 11.6 Å². The lowest BCUT2D eigenvalue weighted by Gasteiger charge is -1.96. The molecule has 5 nitrogen and oxygen atoms in total. The molecule has 0 aliphatic carbocycles. The Morgan fingerprint density at radius 3 is 2.42 bits per heavy atom. The lowest BCUT2D eigenvalue weighted by molar-refractivity contribution is 0.570. The minimum Gasteiger partial charge on any atom is -0.416 e. The van der Waals surface area contributed by atoms with E-state index in [1.165, 1.54) is 6.07 Å². The average molecular weight is 256 g/mol. The van der Waals surface area contributed by atoms with Gasteiger partial charge in [0.15, 0.2) is 0 Å². The topological polar surface area (TPSA) is 64.7 Å². The van der Waals surface area contributed by atoms with E-state index in [-0.39, 0.29) is 17.3 Å². The van der Waals surface area contributed by atoms with Crippen LogP contribution in [0.3, 0.4) is 0 Å². The van der Waals surface area contributed by atoms with E-state index in [2.05, 4.69) is 20.2 Å². The lowest BCUT2D eigenvalue weighted by atomic mass is 10.2. The predicted octanol–water partition coefficient (Wildman–Crippen LogP) is 2.64. The van der Waals surface area contributed by atoms with Crippen LogP contribution in [-0.2, 0) is 0 Å². The third-order valence-corrected chi connectivity index (χ3v) is 2.56. The largest absolute Gasteiger partial charge is 0.416 e.